The molecule has 2 aliphatic rings. The Hall–Kier alpha value is -1.55. The van der Waals surface area contributed by atoms with Crippen molar-refractivity contribution in [3.8, 4) is 0 Å². The van der Waals surface area contributed by atoms with Gasteiger partial charge in [0.2, 0.25) is 5.91 Å². The molecule has 2 N–H and O–H groups in total. The second-order valence-electron chi connectivity index (χ2n) is 5.93. The molecule has 1 saturated carbocycles. The number of carbonyl (C=O) groups excluding carboxylic acids is 1. The summed E-state index contributed by atoms with van der Waals surface area (Å²) in [7, 11) is 2.15. The molecule has 1 fully saturated rings. The monoisotopic (exact) mass is 273 g/mol. The summed E-state index contributed by atoms with van der Waals surface area (Å²) in [6.07, 6.45) is 4.67. The molecule has 3 rings (SSSR count). The zero-order valence-electron chi connectivity index (χ0n) is 12.1. The van der Waals surface area contributed by atoms with E-state index in [0.717, 1.165) is 32.4 Å². The van der Waals surface area contributed by atoms with Crippen molar-refractivity contribution in [2.24, 2.45) is 0 Å². The van der Waals surface area contributed by atoms with Gasteiger partial charge in [-0.3, -0.25) is 4.79 Å². The molecule has 4 heteroatoms. The summed E-state index contributed by atoms with van der Waals surface area (Å²) in [4.78, 5) is 13.9. The minimum Gasteiger partial charge on any atom is -0.374 e. The fraction of sp³-hybridized carbons (Fsp3) is 0.562. The van der Waals surface area contributed by atoms with Crippen molar-refractivity contribution >= 4 is 11.6 Å². The molecular weight excluding hydrogens is 250 g/mol. The lowest BCUT2D eigenvalue weighted by atomic mass is 9.99. The van der Waals surface area contributed by atoms with Gasteiger partial charge in [-0.2, -0.15) is 0 Å². The molecule has 1 amide bonds. The van der Waals surface area contributed by atoms with E-state index >= 15 is 0 Å². The van der Waals surface area contributed by atoms with Gasteiger partial charge in [-0.05, 0) is 42.9 Å². The van der Waals surface area contributed by atoms with Gasteiger partial charge in [0, 0.05) is 31.9 Å². The Kier molecular flexibility index (Phi) is 3.92. The third-order valence-corrected chi connectivity index (χ3v) is 4.05. The van der Waals surface area contributed by atoms with Crippen LogP contribution >= 0.6 is 0 Å². The number of carbonyl (C=O) groups is 1. The van der Waals surface area contributed by atoms with Crippen LogP contribution < -0.4 is 15.5 Å². The van der Waals surface area contributed by atoms with Crippen LogP contribution in [0.4, 0.5) is 5.69 Å². The minimum atomic E-state index is 0.116. The van der Waals surface area contributed by atoms with E-state index in [2.05, 4.69) is 40.8 Å². The Morgan fingerprint density at radius 2 is 2.25 bits per heavy atom. The Morgan fingerprint density at radius 1 is 1.40 bits per heavy atom. The van der Waals surface area contributed by atoms with Crippen molar-refractivity contribution in [2.75, 3.05) is 25.0 Å². The van der Waals surface area contributed by atoms with Crippen molar-refractivity contribution in [1.82, 2.24) is 10.6 Å². The molecule has 20 heavy (non-hydrogen) atoms. The molecule has 0 atom stereocenters. The van der Waals surface area contributed by atoms with E-state index in [4.69, 9.17) is 0 Å². The predicted octanol–water partition coefficient (Wildman–Crippen LogP) is 1.44. The highest BCUT2D eigenvalue weighted by atomic mass is 16.2. The van der Waals surface area contributed by atoms with E-state index in [-0.39, 0.29) is 5.91 Å². The number of nitrogens with zero attached hydrogens (tertiary/aromatic N) is 1. The normalized spacial score (nSPS) is 17.8. The summed E-state index contributed by atoms with van der Waals surface area (Å²) >= 11 is 0. The van der Waals surface area contributed by atoms with Crippen LogP contribution in [0.15, 0.2) is 18.2 Å². The lowest BCUT2D eigenvalue weighted by Gasteiger charge is -2.27. The molecule has 0 spiro atoms. The number of aryl methyl sites for hydroxylation is 1. The first-order chi connectivity index (χ1) is 9.72. The molecular formula is C16H23N3O. The molecule has 0 aromatic heterocycles. The Balaban J connectivity index is 1.51. The van der Waals surface area contributed by atoms with Crippen LogP contribution in [-0.4, -0.2) is 32.1 Å². The number of amides is 1. The fourth-order valence-electron chi connectivity index (χ4n) is 2.78. The topological polar surface area (TPSA) is 44.4 Å². The predicted molar refractivity (Wildman–Crippen MR) is 80.9 cm³/mol. The zero-order chi connectivity index (χ0) is 13.9. The summed E-state index contributed by atoms with van der Waals surface area (Å²) in [5.41, 5.74) is 4.05. The molecule has 0 bridgehead atoms. The van der Waals surface area contributed by atoms with E-state index in [1.807, 2.05) is 0 Å². The van der Waals surface area contributed by atoms with Crippen molar-refractivity contribution in [3.63, 3.8) is 0 Å². The molecule has 0 saturated heterocycles. The lowest BCUT2D eigenvalue weighted by Crippen LogP contribution is -2.34. The highest BCUT2D eigenvalue weighted by Crippen LogP contribution is 2.26. The minimum absolute atomic E-state index is 0.116. The van der Waals surface area contributed by atoms with E-state index in [9.17, 15) is 4.79 Å². The van der Waals surface area contributed by atoms with Crippen LogP contribution in [0.2, 0.25) is 0 Å². The van der Waals surface area contributed by atoms with Crippen molar-refractivity contribution in [1.29, 1.82) is 0 Å². The first-order valence-electron chi connectivity index (χ1n) is 7.55. The first-order valence-corrected chi connectivity index (χ1v) is 7.55. The number of rotatable bonds is 5. The number of hydrogen-bond acceptors (Lipinski definition) is 3. The third-order valence-electron chi connectivity index (χ3n) is 4.05. The summed E-state index contributed by atoms with van der Waals surface area (Å²) < 4.78 is 0. The maximum absolute atomic E-state index is 11.6. The molecule has 0 unspecified atom stereocenters. The van der Waals surface area contributed by atoms with Gasteiger partial charge in [0.15, 0.2) is 0 Å². The first kappa shape index (κ1) is 13.4. The van der Waals surface area contributed by atoms with E-state index < -0.39 is 0 Å². The molecule has 1 aromatic carbocycles. The maximum atomic E-state index is 11.6. The van der Waals surface area contributed by atoms with Gasteiger partial charge in [0.05, 0.1) is 6.54 Å². The van der Waals surface area contributed by atoms with Gasteiger partial charge in [-0.25, -0.2) is 0 Å². The fourth-order valence-corrected chi connectivity index (χ4v) is 2.78. The van der Waals surface area contributed by atoms with Crippen LogP contribution in [0.1, 0.15) is 30.4 Å². The summed E-state index contributed by atoms with van der Waals surface area (Å²) in [5.74, 6) is 0.116. The third kappa shape index (κ3) is 3.31. The van der Waals surface area contributed by atoms with Crippen molar-refractivity contribution < 1.29 is 4.79 Å². The molecule has 108 valence electrons. The molecule has 0 radical (unpaired) electrons. The van der Waals surface area contributed by atoms with E-state index in [1.54, 1.807) is 0 Å². The van der Waals surface area contributed by atoms with Crippen LogP contribution in [0.25, 0.3) is 0 Å². The summed E-state index contributed by atoms with van der Waals surface area (Å²) in [5, 5.41) is 6.21. The highest BCUT2D eigenvalue weighted by molar-refractivity contribution is 5.78. The molecule has 1 heterocycles. The van der Waals surface area contributed by atoms with Gasteiger partial charge in [-0.1, -0.05) is 12.1 Å². The lowest BCUT2D eigenvalue weighted by molar-refractivity contribution is -0.120. The van der Waals surface area contributed by atoms with Crippen LogP contribution in [0, 0.1) is 0 Å². The van der Waals surface area contributed by atoms with Crippen LogP contribution in [0.5, 0.6) is 0 Å². The Bertz CT molecular complexity index is 496. The quantitative estimate of drug-likeness (QED) is 0.853. The van der Waals surface area contributed by atoms with Crippen LogP contribution in [-0.2, 0) is 17.8 Å². The number of fused-ring (bicyclic) bond motifs is 1. The van der Waals surface area contributed by atoms with Gasteiger partial charge >= 0.3 is 0 Å². The zero-order valence-corrected chi connectivity index (χ0v) is 12.1. The number of hydrogen-bond donors (Lipinski definition) is 2. The molecule has 4 nitrogen and oxygen atoms in total. The second-order valence-corrected chi connectivity index (χ2v) is 5.93. The molecule has 1 aliphatic heterocycles. The van der Waals surface area contributed by atoms with Crippen molar-refractivity contribution in [3.05, 3.63) is 29.3 Å². The highest BCUT2D eigenvalue weighted by Gasteiger charge is 2.22. The number of anilines is 1. The van der Waals surface area contributed by atoms with Gasteiger partial charge < -0.3 is 15.5 Å². The standard InChI is InChI=1S/C16H23N3O/c1-19-8-2-3-13-9-12(4-7-15(13)19)10-17-11-16(20)18-14-5-6-14/h4,7,9,14,17H,2-3,5-6,8,10-11H2,1H3,(H,18,20). The number of nitrogens with one attached hydrogen (secondary N) is 2. The van der Waals surface area contributed by atoms with E-state index in [1.165, 1.54) is 23.2 Å². The summed E-state index contributed by atoms with van der Waals surface area (Å²) in [6.45, 7) is 2.31. The Morgan fingerprint density at radius 3 is 3.05 bits per heavy atom. The summed E-state index contributed by atoms with van der Waals surface area (Å²) in [6, 6.07) is 7.09. The smallest absolute Gasteiger partial charge is 0.234 e. The van der Waals surface area contributed by atoms with Crippen LogP contribution in [0.3, 0.4) is 0 Å². The van der Waals surface area contributed by atoms with Crippen molar-refractivity contribution in [2.45, 2.75) is 38.3 Å². The molecule has 1 aromatic rings. The molecule has 1 aliphatic carbocycles. The van der Waals surface area contributed by atoms with Gasteiger partial charge in [0.1, 0.15) is 0 Å². The average molecular weight is 273 g/mol. The van der Waals surface area contributed by atoms with Gasteiger partial charge in [-0.15, -0.1) is 0 Å². The SMILES string of the molecule is CN1CCCc2cc(CNCC(=O)NC3CC3)ccc21. The Labute approximate surface area is 120 Å². The van der Waals surface area contributed by atoms with E-state index in [0.29, 0.717) is 12.6 Å². The largest absolute Gasteiger partial charge is 0.374 e. The second kappa shape index (κ2) is 5.83. The van der Waals surface area contributed by atoms with Gasteiger partial charge in [0.25, 0.3) is 0 Å². The maximum Gasteiger partial charge on any atom is 0.234 e. The average Bonchev–Trinajstić information content (AvgIpc) is 3.23. The number of benzene rings is 1.